The molecule has 0 amide bonds. The van der Waals surface area contributed by atoms with E-state index < -0.39 is 24.0 Å². The topological polar surface area (TPSA) is 17.1 Å². The fourth-order valence-corrected chi connectivity index (χ4v) is 21.7. The number of benzene rings is 1. The maximum atomic E-state index is 14.6. The van der Waals surface area contributed by atoms with Crippen LogP contribution in [-0.2, 0) is 4.79 Å². The van der Waals surface area contributed by atoms with Crippen molar-refractivity contribution in [1.82, 2.24) is 0 Å². The zero-order valence-electron chi connectivity index (χ0n) is 21.3. The van der Waals surface area contributed by atoms with Gasteiger partial charge in [0, 0.05) is 0 Å². The zero-order valence-corrected chi connectivity index (χ0v) is 24.3. The van der Waals surface area contributed by atoms with Crippen molar-refractivity contribution in [2.75, 3.05) is 0 Å². The first-order chi connectivity index (χ1) is 13.9. The molecule has 5 heteroatoms. The van der Waals surface area contributed by atoms with E-state index in [-0.39, 0.29) is 24.3 Å². The van der Waals surface area contributed by atoms with Crippen LogP contribution >= 0.6 is 0 Å². The van der Waals surface area contributed by atoms with Crippen LogP contribution in [-0.4, -0.2) is 29.4 Å². The van der Waals surface area contributed by atoms with Gasteiger partial charge in [-0.3, -0.25) is 0 Å². The molecule has 164 valence electrons. The zero-order chi connectivity index (χ0) is 21.9. The molecule has 4 saturated carbocycles. The van der Waals surface area contributed by atoms with Crippen LogP contribution < -0.4 is 18.9 Å². The minimum atomic E-state index is -1.62. The molecular formula is C26H41LiOSi3. The van der Waals surface area contributed by atoms with Gasteiger partial charge in [-0.15, -0.1) is 0 Å². The van der Waals surface area contributed by atoms with Crippen molar-refractivity contribution < 1.29 is 23.7 Å². The third-order valence-electron chi connectivity index (χ3n) is 8.06. The Morgan fingerprint density at radius 2 is 1.32 bits per heavy atom. The third kappa shape index (κ3) is 4.89. The van der Waals surface area contributed by atoms with Crippen LogP contribution in [0, 0.1) is 23.2 Å². The Morgan fingerprint density at radius 3 is 1.71 bits per heavy atom. The van der Waals surface area contributed by atoms with Gasteiger partial charge in [-0.2, -0.15) is 0 Å². The molecule has 4 aliphatic rings. The van der Waals surface area contributed by atoms with Gasteiger partial charge in [0.05, 0.1) is 8.07 Å². The molecule has 5 rings (SSSR count). The maximum absolute atomic E-state index is 14.6. The van der Waals surface area contributed by atoms with Gasteiger partial charge in [-0.1, -0.05) is 89.3 Å². The Kier molecular flexibility index (Phi) is 7.33. The van der Waals surface area contributed by atoms with E-state index in [1.807, 2.05) is 0 Å². The fraction of sp³-hybridized carbons (Fsp3) is 0.654. The van der Waals surface area contributed by atoms with Crippen molar-refractivity contribution in [2.45, 2.75) is 84.7 Å². The molecule has 0 spiro atoms. The summed E-state index contributed by atoms with van der Waals surface area (Å²) in [6, 6.07) is 11.0. The van der Waals surface area contributed by atoms with Crippen molar-refractivity contribution >= 4 is 34.6 Å². The van der Waals surface area contributed by atoms with E-state index >= 15 is 0 Å². The van der Waals surface area contributed by atoms with E-state index in [0.29, 0.717) is 0 Å². The summed E-state index contributed by atoms with van der Waals surface area (Å²) in [5, 5.41) is 3.87. The van der Waals surface area contributed by atoms with E-state index in [0.717, 1.165) is 23.2 Å². The van der Waals surface area contributed by atoms with Crippen LogP contribution in [0.1, 0.15) is 51.0 Å². The second-order valence-electron chi connectivity index (χ2n) is 12.8. The molecule has 0 unspecified atom stereocenters. The molecule has 0 saturated heterocycles. The smallest absolute Gasteiger partial charge is 0.340 e. The normalized spacial score (nSPS) is 30.5. The van der Waals surface area contributed by atoms with Crippen LogP contribution in [0.4, 0.5) is 0 Å². The average molecular weight is 461 g/mol. The molecule has 0 heterocycles. The maximum Gasteiger partial charge on any atom is 1.00 e. The molecule has 1 nitrogen and oxygen atoms in total. The molecule has 4 aliphatic carbocycles. The number of hydrogen-bond acceptors (Lipinski definition) is 1. The minimum Gasteiger partial charge on any atom is -0.340 e. The second-order valence-corrected chi connectivity index (χ2v) is 30.2. The summed E-state index contributed by atoms with van der Waals surface area (Å²) in [6.07, 6.45) is 7.91. The fourth-order valence-electron chi connectivity index (χ4n) is 7.67. The van der Waals surface area contributed by atoms with Crippen LogP contribution in [0.15, 0.2) is 35.5 Å². The standard InChI is InChI=1S/C26H41OSi3.Li/c1-19(24(29(2,3)4)23-11-9-8-10-12-23)28(30(5,6)7)25(27)26-16-20-13-21(17-26)15-22(14-20)18-26;/h8-12,20-22H,13-18H2,1-7H3;/q-1;+1/b24-19+;. The molecule has 4 bridgehead atoms. The third-order valence-corrected chi connectivity index (χ3v) is 20.3. The quantitative estimate of drug-likeness (QED) is 0.584. The summed E-state index contributed by atoms with van der Waals surface area (Å²) in [7, 11) is -4.40. The Morgan fingerprint density at radius 1 is 0.871 bits per heavy atom. The summed E-state index contributed by atoms with van der Waals surface area (Å²) in [6.45, 7) is 17.2. The second kappa shape index (κ2) is 8.91. The van der Waals surface area contributed by atoms with Crippen molar-refractivity contribution in [3.63, 3.8) is 0 Å². The van der Waals surface area contributed by atoms with Gasteiger partial charge in [0.25, 0.3) is 0 Å². The SMILES string of the molecule is C/C(=C(/c1ccccc1)[Si](C)(C)C)[Si-](C(=O)C12CC3CC(CC(C3)C1)C2)[Si](C)(C)C.[Li+]. The predicted molar refractivity (Wildman–Crippen MR) is 137 cm³/mol. The van der Waals surface area contributed by atoms with E-state index in [9.17, 15) is 4.79 Å². The van der Waals surface area contributed by atoms with Gasteiger partial charge in [-0.25, -0.2) is 13.5 Å². The van der Waals surface area contributed by atoms with Gasteiger partial charge in [0.1, 0.15) is 0 Å². The van der Waals surface area contributed by atoms with Crippen LogP contribution in [0.5, 0.6) is 0 Å². The summed E-state index contributed by atoms with van der Waals surface area (Å²) in [4.78, 5) is 14.6. The largest absolute Gasteiger partial charge is 1.00 e. The van der Waals surface area contributed by atoms with E-state index in [2.05, 4.69) is 76.5 Å². The van der Waals surface area contributed by atoms with Crippen LogP contribution in [0.3, 0.4) is 0 Å². The molecule has 1 aromatic carbocycles. The summed E-state index contributed by atoms with van der Waals surface area (Å²) >= 11 is 0. The van der Waals surface area contributed by atoms with E-state index in [1.165, 1.54) is 49.3 Å². The number of allylic oxidation sites excluding steroid dienone is 1. The van der Waals surface area contributed by atoms with Gasteiger partial charge >= 0.3 is 18.9 Å². The van der Waals surface area contributed by atoms with Crippen molar-refractivity contribution in [1.29, 1.82) is 0 Å². The summed E-state index contributed by atoms with van der Waals surface area (Å²) in [5.41, 5.74) is 1.43. The molecule has 0 N–H and O–H groups in total. The van der Waals surface area contributed by atoms with Crippen molar-refractivity contribution in [2.24, 2.45) is 23.2 Å². The first-order valence-electron chi connectivity index (χ1n) is 12.1. The molecule has 0 aliphatic heterocycles. The molecular weight excluding hydrogens is 419 g/mol. The summed E-state index contributed by atoms with van der Waals surface area (Å²) in [5.74, 6) is 2.54. The van der Waals surface area contributed by atoms with Gasteiger partial charge < -0.3 is 4.79 Å². The van der Waals surface area contributed by atoms with Gasteiger partial charge in [0.15, 0.2) is 0 Å². The van der Waals surface area contributed by atoms with Crippen LogP contribution in [0.25, 0.3) is 5.20 Å². The van der Waals surface area contributed by atoms with E-state index in [1.54, 1.807) is 5.20 Å². The number of carbonyl (C=O) groups is 1. The summed E-state index contributed by atoms with van der Waals surface area (Å²) < 4.78 is 0. The molecule has 31 heavy (non-hydrogen) atoms. The molecule has 4 fully saturated rings. The Hall–Kier alpha value is -0.122. The molecule has 0 radical (unpaired) electrons. The first-order valence-corrected chi connectivity index (χ1v) is 21.6. The van der Waals surface area contributed by atoms with Crippen molar-refractivity contribution in [3.05, 3.63) is 41.1 Å². The first kappa shape index (κ1) is 25.5. The molecule has 0 aromatic heterocycles. The van der Waals surface area contributed by atoms with Crippen molar-refractivity contribution in [3.8, 4) is 0 Å². The average Bonchev–Trinajstić information content (AvgIpc) is 2.59. The Labute approximate surface area is 206 Å². The van der Waals surface area contributed by atoms with Gasteiger partial charge in [-0.05, 0) is 72.7 Å². The monoisotopic (exact) mass is 460 g/mol. The number of hydrogen-bond donors (Lipinski definition) is 0. The molecule has 0 atom stereocenters. The Bertz CT molecular complexity index is 812. The predicted octanol–water partition coefficient (Wildman–Crippen LogP) is 4.12. The molecule has 1 aromatic rings. The minimum absolute atomic E-state index is 0. The van der Waals surface area contributed by atoms with Gasteiger partial charge in [0.2, 0.25) is 0 Å². The Balaban J connectivity index is 0.00000272. The van der Waals surface area contributed by atoms with E-state index in [4.69, 9.17) is 0 Å². The van der Waals surface area contributed by atoms with Crippen LogP contribution in [0.2, 0.25) is 39.3 Å². The number of rotatable bonds is 6. The number of carbonyl (C=O) groups excluding carboxylic acids is 1.